The molecule has 0 radical (unpaired) electrons. The Labute approximate surface area is 105 Å². The third-order valence-corrected chi connectivity index (χ3v) is 3.14. The van der Waals surface area contributed by atoms with Crippen molar-refractivity contribution in [2.24, 2.45) is 0 Å². The van der Waals surface area contributed by atoms with Crippen molar-refractivity contribution in [3.8, 4) is 0 Å². The number of rotatable bonds is 1. The van der Waals surface area contributed by atoms with E-state index in [1.54, 1.807) is 12.1 Å². The normalized spacial score (nSPS) is 21.8. The number of halogens is 3. The topological polar surface area (TPSA) is 15.3 Å². The van der Waals surface area contributed by atoms with Gasteiger partial charge in [-0.25, -0.2) is 0 Å². The molecular weight excluding hydrogens is 241 g/mol. The predicted molar refractivity (Wildman–Crippen MR) is 65.7 cm³/mol. The number of nitrogens with zero attached hydrogens (tertiary/aromatic N) is 1. The number of alkyl halides is 3. The summed E-state index contributed by atoms with van der Waals surface area (Å²) in [5.41, 5.74) is -0.250. The highest BCUT2D eigenvalue weighted by Gasteiger charge is 2.34. The van der Waals surface area contributed by atoms with Gasteiger partial charge >= 0.3 is 6.18 Å². The Kier molecular flexibility index (Phi) is 3.80. The van der Waals surface area contributed by atoms with Gasteiger partial charge in [-0.05, 0) is 32.0 Å². The van der Waals surface area contributed by atoms with Gasteiger partial charge in [0.25, 0.3) is 0 Å². The molecule has 1 aliphatic heterocycles. The van der Waals surface area contributed by atoms with Crippen LogP contribution in [0.5, 0.6) is 0 Å². The molecule has 0 saturated carbocycles. The molecule has 0 aliphatic carbocycles. The van der Waals surface area contributed by atoms with Gasteiger partial charge < -0.3 is 10.2 Å². The van der Waals surface area contributed by atoms with Gasteiger partial charge in [0, 0.05) is 24.8 Å². The molecule has 1 aromatic carbocycles. The van der Waals surface area contributed by atoms with Crippen molar-refractivity contribution in [2.75, 3.05) is 24.5 Å². The van der Waals surface area contributed by atoms with Crippen molar-refractivity contribution in [1.29, 1.82) is 0 Å². The third-order valence-electron chi connectivity index (χ3n) is 3.14. The first-order valence-corrected chi connectivity index (χ1v) is 6.13. The summed E-state index contributed by atoms with van der Waals surface area (Å²) in [6.45, 7) is 4.11. The number of nitrogens with one attached hydrogen (secondary N) is 1. The Morgan fingerprint density at radius 3 is 2.72 bits per heavy atom. The van der Waals surface area contributed by atoms with E-state index in [-0.39, 0.29) is 6.04 Å². The quantitative estimate of drug-likeness (QED) is 0.833. The Balaban J connectivity index is 2.32. The Morgan fingerprint density at radius 2 is 2.00 bits per heavy atom. The molecule has 0 spiro atoms. The lowest BCUT2D eigenvalue weighted by Crippen LogP contribution is -2.36. The Bertz CT molecular complexity index is 403. The Morgan fingerprint density at radius 1 is 1.28 bits per heavy atom. The van der Waals surface area contributed by atoms with Gasteiger partial charge in [0.1, 0.15) is 0 Å². The van der Waals surface area contributed by atoms with Gasteiger partial charge in [0.05, 0.1) is 5.56 Å². The van der Waals surface area contributed by atoms with Crippen molar-refractivity contribution < 1.29 is 13.2 Å². The zero-order valence-corrected chi connectivity index (χ0v) is 10.3. The van der Waals surface area contributed by atoms with Crippen LogP contribution in [-0.2, 0) is 6.18 Å². The standard InChI is InChI=1S/C13H17F3N2/c1-10-9-18(8-4-7-17-10)12-6-3-2-5-11(12)13(14,15)16/h2-3,5-6,10,17H,4,7-9H2,1H3. The summed E-state index contributed by atoms with van der Waals surface area (Å²) in [5, 5.41) is 3.28. The monoisotopic (exact) mass is 258 g/mol. The van der Waals surface area contributed by atoms with Crippen LogP contribution in [0.3, 0.4) is 0 Å². The molecule has 1 fully saturated rings. The maximum absolute atomic E-state index is 13.0. The van der Waals surface area contributed by atoms with Crippen molar-refractivity contribution in [1.82, 2.24) is 5.32 Å². The average Bonchev–Trinajstić information content (AvgIpc) is 2.53. The number of hydrogen-bond donors (Lipinski definition) is 1. The molecule has 1 saturated heterocycles. The zero-order chi connectivity index (χ0) is 13.2. The lowest BCUT2D eigenvalue weighted by molar-refractivity contribution is -0.137. The van der Waals surface area contributed by atoms with Crippen LogP contribution in [0.15, 0.2) is 24.3 Å². The van der Waals surface area contributed by atoms with Crippen LogP contribution in [-0.4, -0.2) is 25.7 Å². The van der Waals surface area contributed by atoms with Crippen molar-refractivity contribution >= 4 is 5.69 Å². The molecule has 1 aromatic rings. The summed E-state index contributed by atoms with van der Waals surface area (Å²) in [5.74, 6) is 0. The molecule has 0 amide bonds. The van der Waals surface area contributed by atoms with Crippen LogP contribution in [0.25, 0.3) is 0 Å². The van der Waals surface area contributed by atoms with Crippen LogP contribution in [0.2, 0.25) is 0 Å². The third kappa shape index (κ3) is 2.96. The van der Waals surface area contributed by atoms with Crippen LogP contribution in [0.1, 0.15) is 18.9 Å². The number of benzene rings is 1. The smallest absolute Gasteiger partial charge is 0.369 e. The fourth-order valence-corrected chi connectivity index (χ4v) is 2.31. The van der Waals surface area contributed by atoms with E-state index >= 15 is 0 Å². The number of para-hydroxylation sites is 1. The van der Waals surface area contributed by atoms with Gasteiger partial charge in [0.15, 0.2) is 0 Å². The second kappa shape index (κ2) is 5.18. The molecule has 2 rings (SSSR count). The first kappa shape index (κ1) is 13.2. The molecule has 0 aromatic heterocycles. The first-order chi connectivity index (χ1) is 8.48. The van der Waals surface area contributed by atoms with E-state index in [9.17, 15) is 13.2 Å². The molecule has 0 bridgehead atoms. The van der Waals surface area contributed by atoms with E-state index in [2.05, 4.69) is 5.32 Å². The second-order valence-electron chi connectivity index (χ2n) is 4.67. The van der Waals surface area contributed by atoms with E-state index in [1.807, 2.05) is 11.8 Å². The summed E-state index contributed by atoms with van der Waals surface area (Å²) >= 11 is 0. The Hall–Kier alpha value is -1.23. The van der Waals surface area contributed by atoms with Gasteiger partial charge in [-0.15, -0.1) is 0 Å². The molecule has 1 heterocycles. The van der Waals surface area contributed by atoms with Crippen molar-refractivity contribution in [3.63, 3.8) is 0 Å². The van der Waals surface area contributed by atoms with Crippen LogP contribution < -0.4 is 10.2 Å². The predicted octanol–water partition coefficient (Wildman–Crippen LogP) is 2.89. The van der Waals surface area contributed by atoms with Gasteiger partial charge in [-0.3, -0.25) is 0 Å². The fraction of sp³-hybridized carbons (Fsp3) is 0.538. The number of hydrogen-bond acceptors (Lipinski definition) is 2. The molecular formula is C13H17F3N2. The van der Waals surface area contributed by atoms with E-state index in [0.29, 0.717) is 18.8 Å². The largest absolute Gasteiger partial charge is 0.418 e. The maximum atomic E-state index is 13.0. The fourth-order valence-electron chi connectivity index (χ4n) is 2.31. The highest BCUT2D eigenvalue weighted by Crippen LogP contribution is 2.36. The summed E-state index contributed by atoms with van der Waals surface area (Å²) in [4.78, 5) is 1.83. The van der Waals surface area contributed by atoms with Crippen LogP contribution in [0.4, 0.5) is 18.9 Å². The second-order valence-corrected chi connectivity index (χ2v) is 4.67. The molecule has 18 heavy (non-hydrogen) atoms. The first-order valence-electron chi connectivity index (χ1n) is 6.13. The molecule has 1 aliphatic rings. The maximum Gasteiger partial charge on any atom is 0.418 e. The summed E-state index contributed by atoms with van der Waals surface area (Å²) < 4.78 is 38.9. The lowest BCUT2D eigenvalue weighted by atomic mass is 10.1. The van der Waals surface area contributed by atoms with Crippen molar-refractivity contribution in [2.45, 2.75) is 25.6 Å². The van der Waals surface area contributed by atoms with E-state index < -0.39 is 11.7 Å². The number of anilines is 1. The summed E-state index contributed by atoms with van der Waals surface area (Å²) in [6.07, 6.45) is -3.43. The zero-order valence-electron chi connectivity index (χ0n) is 10.3. The summed E-state index contributed by atoms with van der Waals surface area (Å²) in [6, 6.07) is 6.01. The molecule has 1 atom stereocenters. The van der Waals surface area contributed by atoms with E-state index in [4.69, 9.17) is 0 Å². The average molecular weight is 258 g/mol. The minimum Gasteiger partial charge on any atom is -0.369 e. The summed E-state index contributed by atoms with van der Waals surface area (Å²) in [7, 11) is 0. The highest BCUT2D eigenvalue weighted by atomic mass is 19.4. The molecule has 2 nitrogen and oxygen atoms in total. The van der Waals surface area contributed by atoms with Crippen LogP contribution in [0, 0.1) is 0 Å². The minimum atomic E-state index is -4.29. The van der Waals surface area contributed by atoms with Crippen molar-refractivity contribution in [3.05, 3.63) is 29.8 Å². The minimum absolute atomic E-state index is 0.203. The van der Waals surface area contributed by atoms with Gasteiger partial charge in [-0.1, -0.05) is 12.1 Å². The SMILES string of the molecule is CC1CN(c2ccccc2C(F)(F)F)CCCN1. The van der Waals surface area contributed by atoms with Crippen LogP contribution >= 0.6 is 0 Å². The van der Waals surface area contributed by atoms with E-state index in [0.717, 1.165) is 19.0 Å². The van der Waals surface area contributed by atoms with Gasteiger partial charge in [-0.2, -0.15) is 13.2 Å². The molecule has 100 valence electrons. The van der Waals surface area contributed by atoms with E-state index in [1.165, 1.54) is 6.07 Å². The molecule has 1 unspecified atom stereocenters. The molecule has 5 heteroatoms. The molecule has 1 N–H and O–H groups in total. The van der Waals surface area contributed by atoms with Gasteiger partial charge in [0.2, 0.25) is 0 Å². The highest BCUT2D eigenvalue weighted by molar-refractivity contribution is 5.55. The lowest BCUT2D eigenvalue weighted by Gasteiger charge is -2.27.